The number of hydrogen-bond donors (Lipinski definition) is 0. The van der Waals surface area contributed by atoms with Crippen LogP contribution in [0.5, 0.6) is 0 Å². The molecule has 0 fully saturated rings. The Morgan fingerprint density at radius 1 is 0.391 bits per heavy atom. The number of rotatable bonds is 5. The number of para-hydroxylation sites is 3. The molecule has 0 aliphatic carbocycles. The zero-order valence-corrected chi connectivity index (χ0v) is 24.5. The van der Waals surface area contributed by atoms with Crippen LogP contribution in [-0.4, -0.2) is 19.9 Å². The molecule has 216 valence electrons. The van der Waals surface area contributed by atoms with E-state index in [-0.39, 0.29) is 0 Å². The summed E-state index contributed by atoms with van der Waals surface area (Å²) in [6, 6.07) is 48.4. The summed E-state index contributed by atoms with van der Waals surface area (Å²) in [5.41, 5.74) is 8.64. The van der Waals surface area contributed by atoms with E-state index in [9.17, 15) is 0 Å². The normalized spacial score (nSPS) is 11.5. The average Bonchev–Trinajstić information content (AvgIpc) is 3.74. The highest BCUT2D eigenvalue weighted by Gasteiger charge is 2.21. The second kappa shape index (κ2) is 10.6. The summed E-state index contributed by atoms with van der Waals surface area (Å²) >= 11 is 0. The van der Waals surface area contributed by atoms with Crippen LogP contribution in [-0.2, 0) is 0 Å². The van der Waals surface area contributed by atoms with Crippen molar-refractivity contribution in [2.24, 2.45) is 0 Å². The second-order valence-corrected chi connectivity index (χ2v) is 11.1. The summed E-state index contributed by atoms with van der Waals surface area (Å²) in [5.74, 6) is 2.27. The number of aromatic nitrogens is 4. The number of nitrogens with zero attached hydrogens (tertiary/aromatic N) is 4. The van der Waals surface area contributed by atoms with Gasteiger partial charge in [-0.1, -0.05) is 115 Å². The topological polar surface area (TPSA) is 77.8 Å². The van der Waals surface area contributed by atoms with Gasteiger partial charge < -0.3 is 8.83 Å². The summed E-state index contributed by atoms with van der Waals surface area (Å²) in [6.45, 7) is 0. The van der Waals surface area contributed by atoms with Crippen LogP contribution in [0.25, 0.3) is 89.8 Å². The first-order chi connectivity index (χ1) is 22.8. The van der Waals surface area contributed by atoms with Gasteiger partial charge in [0.15, 0.2) is 23.1 Å². The number of furan rings is 1. The smallest absolute Gasteiger partial charge is 0.231 e. The Morgan fingerprint density at radius 2 is 1.00 bits per heavy atom. The number of benzene rings is 6. The van der Waals surface area contributed by atoms with E-state index < -0.39 is 0 Å². The van der Waals surface area contributed by atoms with Gasteiger partial charge in [0.2, 0.25) is 5.89 Å². The van der Waals surface area contributed by atoms with Crippen LogP contribution in [0.3, 0.4) is 0 Å². The van der Waals surface area contributed by atoms with E-state index in [2.05, 4.69) is 30.3 Å². The molecule has 6 aromatic carbocycles. The minimum absolute atomic E-state index is 0.513. The van der Waals surface area contributed by atoms with Crippen molar-refractivity contribution in [2.45, 2.75) is 0 Å². The van der Waals surface area contributed by atoms with E-state index in [0.717, 1.165) is 60.8 Å². The van der Waals surface area contributed by atoms with Crippen molar-refractivity contribution < 1.29 is 8.83 Å². The molecule has 3 aromatic heterocycles. The van der Waals surface area contributed by atoms with Gasteiger partial charge in [0.1, 0.15) is 16.7 Å². The third-order valence-corrected chi connectivity index (χ3v) is 8.18. The summed E-state index contributed by atoms with van der Waals surface area (Å²) in [4.78, 5) is 19.8. The van der Waals surface area contributed by atoms with Gasteiger partial charge in [-0.15, -0.1) is 0 Å². The third kappa shape index (κ3) is 4.43. The molecule has 0 saturated heterocycles. The van der Waals surface area contributed by atoms with E-state index in [0.29, 0.717) is 28.9 Å². The van der Waals surface area contributed by atoms with Crippen molar-refractivity contribution in [2.75, 3.05) is 0 Å². The van der Waals surface area contributed by atoms with Gasteiger partial charge in [-0.25, -0.2) is 19.9 Å². The Labute approximate surface area is 263 Å². The fourth-order valence-electron chi connectivity index (χ4n) is 6.00. The molecule has 0 radical (unpaired) electrons. The Morgan fingerprint density at radius 3 is 1.83 bits per heavy atom. The zero-order chi connectivity index (χ0) is 30.5. The predicted octanol–water partition coefficient (Wildman–Crippen LogP) is 10.2. The monoisotopic (exact) mass is 592 g/mol. The standard InChI is InChI=1S/C40H24N4O2/c1-3-12-25(13-4-1)27-16-9-17-28(24-27)38-42-37(26-14-5-2-6-15-26)43-39(44-38)30-19-11-23-34-35(30)29-18-10-20-31(36(29)45-34)40-41-32-21-7-8-22-33(32)46-40/h1-24H. The Balaban J connectivity index is 1.25. The van der Waals surface area contributed by atoms with Gasteiger partial charge in [0.05, 0.1) is 5.56 Å². The van der Waals surface area contributed by atoms with Crippen molar-refractivity contribution in [3.8, 4) is 56.7 Å². The molecule has 0 aliphatic rings. The molecular weight excluding hydrogens is 568 g/mol. The maximum Gasteiger partial charge on any atom is 0.231 e. The Bertz CT molecular complexity index is 2500. The molecule has 9 aromatic rings. The quantitative estimate of drug-likeness (QED) is 0.198. The lowest BCUT2D eigenvalue weighted by atomic mass is 10.0. The lowest BCUT2D eigenvalue weighted by Crippen LogP contribution is -2.00. The van der Waals surface area contributed by atoms with Crippen LogP contribution in [0.2, 0.25) is 0 Å². The molecule has 9 rings (SSSR count). The summed E-state index contributed by atoms with van der Waals surface area (Å²) in [6.07, 6.45) is 0. The molecule has 0 N–H and O–H groups in total. The maximum absolute atomic E-state index is 6.52. The largest absolute Gasteiger partial charge is 0.455 e. The van der Waals surface area contributed by atoms with Crippen LogP contribution < -0.4 is 0 Å². The molecule has 0 aliphatic heterocycles. The molecule has 0 amide bonds. The minimum Gasteiger partial charge on any atom is -0.455 e. The zero-order valence-electron chi connectivity index (χ0n) is 24.5. The van der Waals surface area contributed by atoms with Gasteiger partial charge in [0.25, 0.3) is 0 Å². The van der Waals surface area contributed by atoms with Gasteiger partial charge in [-0.2, -0.15) is 0 Å². The molecule has 0 bridgehead atoms. The minimum atomic E-state index is 0.513. The van der Waals surface area contributed by atoms with Crippen LogP contribution in [0.4, 0.5) is 0 Å². The van der Waals surface area contributed by atoms with Gasteiger partial charge in [-0.3, -0.25) is 0 Å². The van der Waals surface area contributed by atoms with E-state index in [1.165, 1.54) is 0 Å². The average molecular weight is 593 g/mol. The van der Waals surface area contributed by atoms with Crippen LogP contribution in [0.15, 0.2) is 154 Å². The van der Waals surface area contributed by atoms with Crippen molar-refractivity contribution in [3.63, 3.8) is 0 Å². The van der Waals surface area contributed by atoms with Crippen LogP contribution in [0, 0.1) is 0 Å². The van der Waals surface area contributed by atoms with Crippen LogP contribution >= 0.6 is 0 Å². The van der Waals surface area contributed by atoms with Crippen LogP contribution in [0.1, 0.15) is 0 Å². The van der Waals surface area contributed by atoms with E-state index in [1.807, 2.05) is 115 Å². The maximum atomic E-state index is 6.52. The fraction of sp³-hybridized carbons (Fsp3) is 0. The lowest BCUT2D eigenvalue weighted by Gasteiger charge is -2.10. The SMILES string of the molecule is c1ccc(-c2cccc(-c3nc(-c4ccccc4)nc(-c4cccc5oc6c(-c7nc8ccccc8o7)cccc6c45)n3)c2)cc1. The van der Waals surface area contributed by atoms with Crippen molar-refractivity contribution in [1.82, 2.24) is 19.9 Å². The molecule has 3 heterocycles. The first-order valence-corrected chi connectivity index (χ1v) is 15.1. The first kappa shape index (κ1) is 26.0. The highest BCUT2D eigenvalue weighted by atomic mass is 16.4. The van der Waals surface area contributed by atoms with E-state index in [4.69, 9.17) is 28.8 Å². The first-order valence-electron chi connectivity index (χ1n) is 15.1. The molecule has 0 spiro atoms. The van der Waals surface area contributed by atoms with Crippen molar-refractivity contribution in [3.05, 3.63) is 146 Å². The third-order valence-electron chi connectivity index (χ3n) is 8.18. The fourth-order valence-corrected chi connectivity index (χ4v) is 6.00. The molecular formula is C40H24N4O2. The lowest BCUT2D eigenvalue weighted by molar-refractivity contribution is 0.615. The summed E-state index contributed by atoms with van der Waals surface area (Å²) in [7, 11) is 0. The predicted molar refractivity (Wildman–Crippen MR) is 182 cm³/mol. The molecule has 0 saturated carbocycles. The number of hydrogen-bond acceptors (Lipinski definition) is 6. The molecule has 0 atom stereocenters. The Hall–Kier alpha value is -6.40. The van der Waals surface area contributed by atoms with E-state index >= 15 is 0 Å². The second-order valence-electron chi connectivity index (χ2n) is 11.1. The summed E-state index contributed by atoms with van der Waals surface area (Å²) < 4.78 is 12.7. The van der Waals surface area contributed by atoms with Crippen molar-refractivity contribution >= 4 is 33.0 Å². The van der Waals surface area contributed by atoms with Gasteiger partial charge in [0, 0.05) is 27.5 Å². The highest BCUT2D eigenvalue weighted by Crippen LogP contribution is 2.40. The van der Waals surface area contributed by atoms with Gasteiger partial charge in [-0.05, 0) is 41.5 Å². The molecule has 6 heteroatoms. The van der Waals surface area contributed by atoms with E-state index in [1.54, 1.807) is 0 Å². The molecule has 46 heavy (non-hydrogen) atoms. The Kier molecular flexibility index (Phi) is 6.03. The van der Waals surface area contributed by atoms with Crippen molar-refractivity contribution in [1.29, 1.82) is 0 Å². The summed E-state index contributed by atoms with van der Waals surface area (Å²) in [5, 5.41) is 1.85. The highest BCUT2D eigenvalue weighted by molar-refractivity contribution is 6.14. The number of oxazole rings is 1. The molecule has 6 nitrogen and oxygen atoms in total. The number of fused-ring (bicyclic) bond motifs is 4. The molecule has 0 unspecified atom stereocenters. The van der Waals surface area contributed by atoms with Gasteiger partial charge >= 0.3 is 0 Å².